The molecule has 0 radical (unpaired) electrons. The Balaban J connectivity index is 2.88. The maximum atomic E-state index is 12.1. The van der Waals surface area contributed by atoms with E-state index in [1.807, 2.05) is 0 Å². The maximum absolute atomic E-state index is 12.1. The minimum Gasteiger partial charge on any atom is -0.431 e. The molecule has 0 amide bonds. The number of aryl methyl sites for hydroxylation is 1. The molecule has 0 bridgehead atoms. The molecule has 1 aromatic rings. The molecule has 0 aromatic heterocycles. The van der Waals surface area contributed by atoms with Crippen LogP contribution in [0.3, 0.4) is 0 Å². The van der Waals surface area contributed by atoms with Crippen molar-refractivity contribution in [2.24, 2.45) is 5.73 Å². The number of benzene rings is 1. The van der Waals surface area contributed by atoms with Crippen molar-refractivity contribution in [2.75, 3.05) is 6.54 Å². The molecule has 0 spiro atoms. The number of ether oxygens (including phenoxy) is 2. The summed E-state index contributed by atoms with van der Waals surface area (Å²) in [5.74, 6) is -0.818. The molecule has 1 aromatic carbocycles. The molecule has 0 fully saturated rings. The second-order valence-corrected chi connectivity index (χ2v) is 3.43. The van der Waals surface area contributed by atoms with Crippen LogP contribution in [-0.2, 0) is 6.42 Å². The molecule has 0 heterocycles. The van der Waals surface area contributed by atoms with Gasteiger partial charge in [-0.25, -0.2) is 0 Å². The molecule has 0 aliphatic heterocycles. The molecule has 0 aliphatic carbocycles. The van der Waals surface area contributed by atoms with Gasteiger partial charge in [0.05, 0.1) is 0 Å². The zero-order valence-electron chi connectivity index (χ0n) is 9.41. The second-order valence-electron chi connectivity index (χ2n) is 3.43. The minimum atomic E-state index is -3.10. The van der Waals surface area contributed by atoms with Crippen LogP contribution in [0.15, 0.2) is 18.2 Å². The normalized spacial score (nSPS) is 11.1. The van der Waals surface area contributed by atoms with Gasteiger partial charge in [-0.2, -0.15) is 17.6 Å². The van der Waals surface area contributed by atoms with Gasteiger partial charge in [-0.15, -0.1) is 0 Å². The molecule has 2 N–H and O–H groups in total. The van der Waals surface area contributed by atoms with Gasteiger partial charge in [0.25, 0.3) is 0 Å². The van der Waals surface area contributed by atoms with Gasteiger partial charge in [0.1, 0.15) is 0 Å². The summed E-state index contributed by atoms with van der Waals surface area (Å²) < 4.78 is 56.6. The number of hydrogen-bond acceptors (Lipinski definition) is 3. The van der Waals surface area contributed by atoms with Crippen molar-refractivity contribution >= 4 is 0 Å². The first-order valence-corrected chi connectivity index (χ1v) is 5.25. The SMILES string of the molecule is NCCCc1ccc(OC(F)F)c(OC(F)F)c1. The lowest BCUT2D eigenvalue weighted by Crippen LogP contribution is -2.08. The quantitative estimate of drug-likeness (QED) is 0.772. The predicted molar refractivity (Wildman–Crippen MR) is 57.1 cm³/mol. The third kappa shape index (κ3) is 4.79. The van der Waals surface area contributed by atoms with E-state index in [-0.39, 0.29) is 0 Å². The van der Waals surface area contributed by atoms with Gasteiger partial charge in [0, 0.05) is 0 Å². The molecular weight excluding hydrogens is 254 g/mol. The first-order valence-electron chi connectivity index (χ1n) is 5.25. The molecule has 0 saturated heterocycles. The van der Waals surface area contributed by atoms with Crippen LogP contribution in [0.2, 0.25) is 0 Å². The van der Waals surface area contributed by atoms with E-state index in [1.54, 1.807) is 0 Å². The summed E-state index contributed by atoms with van der Waals surface area (Å²) in [6.45, 7) is -5.75. The van der Waals surface area contributed by atoms with Gasteiger partial charge in [-0.1, -0.05) is 6.07 Å². The highest BCUT2D eigenvalue weighted by atomic mass is 19.3. The Hall–Kier alpha value is -1.50. The summed E-state index contributed by atoms with van der Waals surface area (Å²) in [4.78, 5) is 0. The van der Waals surface area contributed by atoms with E-state index in [2.05, 4.69) is 9.47 Å². The van der Waals surface area contributed by atoms with Crippen LogP contribution >= 0.6 is 0 Å². The summed E-state index contributed by atoms with van der Waals surface area (Å²) in [6, 6.07) is 3.93. The smallest absolute Gasteiger partial charge is 0.387 e. The largest absolute Gasteiger partial charge is 0.431 e. The topological polar surface area (TPSA) is 44.5 Å². The Morgan fingerprint density at radius 3 is 2.17 bits per heavy atom. The Labute approximate surface area is 101 Å². The highest BCUT2D eigenvalue weighted by molar-refractivity contribution is 5.43. The van der Waals surface area contributed by atoms with E-state index in [4.69, 9.17) is 5.73 Å². The van der Waals surface area contributed by atoms with Gasteiger partial charge >= 0.3 is 13.2 Å². The molecule has 0 aliphatic rings. The minimum absolute atomic E-state index is 0.403. The van der Waals surface area contributed by atoms with Crippen molar-refractivity contribution in [1.29, 1.82) is 0 Å². The third-order valence-corrected chi connectivity index (χ3v) is 2.11. The molecule has 0 saturated carbocycles. The fourth-order valence-electron chi connectivity index (χ4n) is 1.40. The lowest BCUT2D eigenvalue weighted by molar-refractivity contribution is -0.0692. The highest BCUT2D eigenvalue weighted by Gasteiger charge is 2.15. The van der Waals surface area contributed by atoms with Crippen LogP contribution in [0.4, 0.5) is 17.6 Å². The van der Waals surface area contributed by atoms with E-state index in [0.717, 1.165) is 0 Å². The molecular formula is C11H13F4NO2. The summed E-state index contributed by atoms with van der Waals surface area (Å²) in [5, 5.41) is 0. The number of hydrogen-bond donors (Lipinski definition) is 1. The lowest BCUT2D eigenvalue weighted by Gasteiger charge is -2.12. The zero-order chi connectivity index (χ0) is 13.5. The van der Waals surface area contributed by atoms with Gasteiger partial charge in [0.15, 0.2) is 11.5 Å². The van der Waals surface area contributed by atoms with Gasteiger partial charge in [-0.05, 0) is 37.1 Å². The number of halogens is 4. The fourth-order valence-corrected chi connectivity index (χ4v) is 1.40. The number of alkyl halides is 4. The van der Waals surface area contributed by atoms with Crippen molar-refractivity contribution < 1.29 is 27.0 Å². The Morgan fingerprint density at radius 1 is 1.00 bits per heavy atom. The molecule has 1 rings (SSSR count). The average Bonchev–Trinajstić information content (AvgIpc) is 2.28. The van der Waals surface area contributed by atoms with Crippen LogP contribution in [0, 0.1) is 0 Å². The van der Waals surface area contributed by atoms with Gasteiger partial charge in [-0.3, -0.25) is 0 Å². The first-order chi connectivity index (χ1) is 8.52. The third-order valence-electron chi connectivity index (χ3n) is 2.11. The van der Waals surface area contributed by atoms with Crippen LogP contribution < -0.4 is 15.2 Å². The van der Waals surface area contributed by atoms with Crippen LogP contribution in [0.5, 0.6) is 11.5 Å². The van der Waals surface area contributed by atoms with Crippen molar-refractivity contribution in [1.82, 2.24) is 0 Å². The van der Waals surface area contributed by atoms with E-state index < -0.39 is 24.7 Å². The highest BCUT2D eigenvalue weighted by Crippen LogP contribution is 2.31. The van der Waals surface area contributed by atoms with E-state index in [1.165, 1.54) is 18.2 Å². The second kappa shape index (κ2) is 7.05. The monoisotopic (exact) mass is 267 g/mol. The summed E-state index contributed by atoms with van der Waals surface area (Å²) in [5.41, 5.74) is 5.98. The summed E-state index contributed by atoms with van der Waals surface area (Å²) in [6.07, 6.45) is 1.20. The van der Waals surface area contributed by atoms with Crippen LogP contribution in [0.1, 0.15) is 12.0 Å². The molecule has 7 heteroatoms. The Kier molecular flexibility index (Phi) is 5.70. The summed E-state index contributed by atoms with van der Waals surface area (Å²) >= 11 is 0. The van der Waals surface area contributed by atoms with Crippen molar-refractivity contribution in [2.45, 2.75) is 26.1 Å². The fraction of sp³-hybridized carbons (Fsp3) is 0.455. The molecule has 18 heavy (non-hydrogen) atoms. The molecule has 3 nitrogen and oxygen atoms in total. The van der Waals surface area contributed by atoms with Gasteiger partial charge < -0.3 is 15.2 Å². The van der Waals surface area contributed by atoms with E-state index in [0.29, 0.717) is 24.9 Å². The standard InChI is InChI=1S/C11H13F4NO2/c12-10(13)17-8-4-3-7(2-1-5-16)6-9(8)18-11(14)15/h3-4,6,10-11H,1-2,5,16H2. The number of nitrogens with two attached hydrogens (primary N) is 1. The lowest BCUT2D eigenvalue weighted by atomic mass is 10.1. The maximum Gasteiger partial charge on any atom is 0.387 e. The van der Waals surface area contributed by atoms with Crippen molar-refractivity contribution in [3.05, 3.63) is 23.8 Å². The summed E-state index contributed by atoms with van der Waals surface area (Å²) in [7, 11) is 0. The van der Waals surface area contributed by atoms with E-state index in [9.17, 15) is 17.6 Å². The predicted octanol–water partition coefficient (Wildman–Crippen LogP) is 2.78. The van der Waals surface area contributed by atoms with Crippen LogP contribution in [-0.4, -0.2) is 19.8 Å². The Bertz CT molecular complexity index is 374. The molecule has 102 valence electrons. The molecule has 0 atom stereocenters. The average molecular weight is 267 g/mol. The first kappa shape index (κ1) is 14.6. The van der Waals surface area contributed by atoms with Crippen LogP contribution in [0.25, 0.3) is 0 Å². The van der Waals surface area contributed by atoms with Crippen molar-refractivity contribution in [3.8, 4) is 11.5 Å². The number of rotatable bonds is 7. The Morgan fingerprint density at radius 2 is 1.61 bits per heavy atom. The molecule has 0 unspecified atom stereocenters. The van der Waals surface area contributed by atoms with E-state index >= 15 is 0 Å². The zero-order valence-corrected chi connectivity index (χ0v) is 9.41. The van der Waals surface area contributed by atoms with Crippen molar-refractivity contribution in [3.63, 3.8) is 0 Å². The van der Waals surface area contributed by atoms with Gasteiger partial charge in [0.2, 0.25) is 0 Å².